The summed E-state index contributed by atoms with van der Waals surface area (Å²) < 4.78 is 0. The maximum atomic E-state index is 2.35. The summed E-state index contributed by atoms with van der Waals surface area (Å²) in [4.78, 5) is 4.71. The molecular formula is C53H40N2. The van der Waals surface area contributed by atoms with Gasteiger partial charge in [-0.05, 0) is 118 Å². The van der Waals surface area contributed by atoms with Gasteiger partial charge in [-0.25, -0.2) is 0 Å². The number of nitrogens with zero attached hydrogens (tertiary/aromatic N) is 2. The molecule has 0 fully saturated rings. The van der Waals surface area contributed by atoms with Crippen molar-refractivity contribution in [3.63, 3.8) is 0 Å². The van der Waals surface area contributed by atoms with E-state index in [0.717, 1.165) is 34.1 Å². The highest BCUT2D eigenvalue weighted by Gasteiger charge is 2.17. The van der Waals surface area contributed by atoms with Crippen molar-refractivity contribution in [2.45, 2.75) is 6.92 Å². The summed E-state index contributed by atoms with van der Waals surface area (Å²) in [5, 5.41) is 2.44. The second-order valence-electron chi connectivity index (χ2n) is 13.9. The van der Waals surface area contributed by atoms with E-state index in [1.54, 1.807) is 0 Å². The highest BCUT2D eigenvalue weighted by Crippen LogP contribution is 2.41. The summed E-state index contributed by atoms with van der Waals surface area (Å²) in [6.07, 6.45) is 0. The Kier molecular flexibility index (Phi) is 9.22. The Morgan fingerprint density at radius 3 is 1.27 bits per heavy atom. The molecular weight excluding hydrogens is 665 g/mol. The van der Waals surface area contributed by atoms with Crippen molar-refractivity contribution in [1.29, 1.82) is 0 Å². The van der Waals surface area contributed by atoms with Gasteiger partial charge < -0.3 is 9.80 Å². The number of benzene rings is 9. The minimum atomic E-state index is 1.11. The molecule has 9 aromatic rings. The lowest BCUT2D eigenvalue weighted by Crippen LogP contribution is -2.10. The zero-order valence-electron chi connectivity index (χ0n) is 30.8. The maximum absolute atomic E-state index is 2.35. The molecule has 9 aromatic carbocycles. The third-order valence-corrected chi connectivity index (χ3v) is 10.4. The van der Waals surface area contributed by atoms with E-state index in [1.165, 1.54) is 49.7 Å². The monoisotopic (exact) mass is 704 g/mol. The molecule has 0 unspecified atom stereocenters. The van der Waals surface area contributed by atoms with Gasteiger partial charge in [0.2, 0.25) is 0 Å². The van der Waals surface area contributed by atoms with Crippen molar-refractivity contribution >= 4 is 44.9 Å². The van der Waals surface area contributed by atoms with Crippen LogP contribution in [0.5, 0.6) is 0 Å². The van der Waals surface area contributed by atoms with Crippen molar-refractivity contribution < 1.29 is 0 Å². The van der Waals surface area contributed by atoms with E-state index in [2.05, 4.69) is 241 Å². The summed E-state index contributed by atoms with van der Waals surface area (Å²) in [6, 6.07) is 80.5. The molecule has 0 N–H and O–H groups in total. The number of hydrogen-bond donors (Lipinski definition) is 0. The van der Waals surface area contributed by atoms with Crippen LogP contribution in [0, 0.1) is 6.92 Å². The van der Waals surface area contributed by atoms with Gasteiger partial charge in [-0.15, -0.1) is 0 Å². The number of anilines is 6. The van der Waals surface area contributed by atoms with Gasteiger partial charge in [-0.3, -0.25) is 0 Å². The van der Waals surface area contributed by atoms with Crippen molar-refractivity contribution in [3.8, 4) is 33.4 Å². The van der Waals surface area contributed by atoms with E-state index < -0.39 is 0 Å². The lowest BCUT2D eigenvalue weighted by molar-refractivity contribution is 1.27. The molecule has 9 rings (SSSR count). The maximum Gasteiger partial charge on any atom is 0.0540 e. The SMILES string of the molecule is Cc1cc(N(c2ccc(-c3ccccc3)cc2)c2ccc(-c3ccccc3)cc2)ccc1-c1ccc(N(c2ccccc2)c2cccc3ccccc23)cc1. The van der Waals surface area contributed by atoms with Crippen LogP contribution in [0.3, 0.4) is 0 Å². The van der Waals surface area contributed by atoms with Crippen molar-refractivity contribution in [1.82, 2.24) is 0 Å². The summed E-state index contributed by atoms with van der Waals surface area (Å²) >= 11 is 0. The molecule has 0 heterocycles. The Hall–Kier alpha value is -7.16. The van der Waals surface area contributed by atoms with Crippen molar-refractivity contribution in [2.24, 2.45) is 0 Å². The fraction of sp³-hybridized carbons (Fsp3) is 0.0189. The van der Waals surface area contributed by atoms with Gasteiger partial charge in [0.05, 0.1) is 5.69 Å². The molecule has 0 atom stereocenters. The molecule has 0 spiro atoms. The Morgan fingerprint density at radius 1 is 0.291 bits per heavy atom. The van der Waals surface area contributed by atoms with Crippen LogP contribution in [-0.4, -0.2) is 0 Å². The van der Waals surface area contributed by atoms with Crippen LogP contribution in [0.15, 0.2) is 224 Å². The Morgan fingerprint density at radius 2 is 0.709 bits per heavy atom. The van der Waals surface area contributed by atoms with E-state index in [4.69, 9.17) is 0 Å². The molecule has 0 radical (unpaired) electrons. The molecule has 0 saturated heterocycles. The predicted octanol–water partition coefficient (Wildman–Crippen LogP) is 15.1. The molecule has 2 nitrogen and oxygen atoms in total. The Balaban J connectivity index is 1.07. The topological polar surface area (TPSA) is 6.48 Å². The lowest BCUT2D eigenvalue weighted by atomic mass is 9.98. The third kappa shape index (κ3) is 6.90. The van der Waals surface area contributed by atoms with Gasteiger partial charge in [0.1, 0.15) is 0 Å². The summed E-state index contributed by atoms with van der Waals surface area (Å²) in [5.41, 5.74) is 15.2. The molecule has 0 aliphatic carbocycles. The smallest absolute Gasteiger partial charge is 0.0540 e. The molecule has 55 heavy (non-hydrogen) atoms. The second kappa shape index (κ2) is 15.1. The quantitative estimate of drug-likeness (QED) is 0.148. The molecule has 0 aliphatic rings. The number of hydrogen-bond acceptors (Lipinski definition) is 2. The summed E-state index contributed by atoms with van der Waals surface area (Å²) in [7, 11) is 0. The van der Waals surface area contributed by atoms with E-state index in [-0.39, 0.29) is 0 Å². The van der Waals surface area contributed by atoms with Gasteiger partial charge in [0.15, 0.2) is 0 Å². The van der Waals surface area contributed by atoms with E-state index in [1.807, 2.05) is 0 Å². The molecule has 0 aliphatic heterocycles. The van der Waals surface area contributed by atoms with Crippen LogP contribution in [0.4, 0.5) is 34.1 Å². The Bertz CT molecular complexity index is 2580. The third-order valence-electron chi connectivity index (χ3n) is 10.4. The van der Waals surface area contributed by atoms with Gasteiger partial charge in [0, 0.05) is 33.8 Å². The first-order chi connectivity index (χ1) is 27.2. The van der Waals surface area contributed by atoms with Crippen LogP contribution in [0.25, 0.3) is 44.2 Å². The highest BCUT2D eigenvalue weighted by atomic mass is 15.1. The minimum absolute atomic E-state index is 1.11. The van der Waals surface area contributed by atoms with Gasteiger partial charge in [-0.1, -0.05) is 158 Å². The highest BCUT2D eigenvalue weighted by molar-refractivity contribution is 5.99. The van der Waals surface area contributed by atoms with Gasteiger partial charge in [-0.2, -0.15) is 0 Å². The zero-order chi connectivity index (χ0) is 37.0. The number of aryl methyl sites for hydroxylation is 1. The van der Waals surface area contributed by atoms with Crippen molar-refractivity contribution in [2.75, 3.05) is 9.80 Å². The lowest BCUT2D eigenvalue weighted by Gasteiger charge is -2.27. The first-order valence-electron chi connectivity index (χ1n) is 18.8. The van der Waals surface area contributed by atoms with Crippen LogP contribution in [0.2, 0.25) is 0 Å². The summed E-state index contributed by atoms with van der Waals surface area (Å²) in [6.45, 7) is 2.22. The van der Waals surface area contributed by atoms with Crippen LogP contribution in [0.1, 0.15) is 5.56 Å². The van der Waals surface area contributed by atoms with E-state index >= 15 is 0 Å². The first kappa shape index (κ1) is 33.7. The van der Waals surface area contributed by atoms with Gasteiger partial charge >= 0.3 is 0 Å². The fourth-order valence-electron chi connectivity index (χ4n) is 7.62. The van der Waals surface area contributed by atoms with Crippen LogP contribution in [-0.2, 0) is 0 Å². The van der Waals surface area contributed by atoms with E-state index in [9.17, 15) is 0 Å². The molecule has 262 valence electrons. The molecule has 0 aromatic heterocycles. The van der Waals surface area contributed by atoms with Gasteiger partial charge in [0.25, 0.3) is 0 Å². The molecule has 0 bridgehead atoms. The molecule has 0 amide bonds. The van der Waals surface area contributed by atoms with Crippen molar-refractivity contribution in [3.05, 3.63) is 230 Å². The minimum Gasteiger partial charge on any atom is -0.310 e. The number of rotatable bonds is 9. The Labute approximate surface area is 323 Å². The van der Waals surface area contributed by atoms with Crippen LogP contribution >= 0.6 is 0 Å². The normalized spacial score (nSPS) is 11.0. The molecule has 0 saturated carbocycles. The average molecular weight is 705 g/mol. The fourth-order valence-corrected chi connectivity index (χ4v) is 7.62. The summed E-state index contributed by atoms with van der Waals surface area (Å²) in [5.74, 6) is 0. The standard InChI is InChI=1S/C53H40N2/c1-39-38-50(54(47-30-24-42(25-31-47)40-14-5-2-6-15-40)48-32-26-43(27-33-48)41-16-7-3-8-17-41)36-37-51(39)45-28-34-49(35-29-45)55(46-20-9-4-10-21-46)53-23-13-19-44-18-11-12-22-52(44)53/h2-38H,1H3. The average Bonchev–Trinajstić information content (AvgIpc) is 3.26. The second-order valence-corrected chi connectivity index (χ2v) is 13.9. The predicted molar refractivity (Wildman–Crippen MR) is 234 cm³/mol. The molecule has 2 heteroatoms. The first-order valence-corrected chi connectivity index (χ1v) is 18.8. The number of para-hydroxylation sites is 1. The van der Waals surface area contributed by atoms with E-state index in [0.29, 0.717) is 0 Å². The zero-order valence-corrected chi connectivity index (χ0v) is 30.8. The largest absolute Gasteiger partial charge is 0.310 e. The number of fused-ring (bicyclic) bond motifs is 1. The van der Waals surface area contributed by atoms with Crippen LogP contribution < -0.4 is 9.80 Å².